The Morgan fingerprint density at radius 2 is 1.93 bits per heavy atom. The highest BCUT2D eigenvalue weighted by molar-refractivity contribution is 5.24. The van der Waals surface area contributed by atoms with Gasteiger partial charge in [0.25, 0.3) is 0 Å². The molecule has 1 aliphatic heterocycles. The van der Waals surface area contributed by atoms with Crippen molar-refractivity contribution in [1.29, 1.82) is 0 Å². The average molecular weight is 191 g/mol. The Morgan fingerprint density at radius 3 is 2.43 bits per heavy atom. The van der Waals surface area contributed by atoms with Crippen LogP contribution in [0.2, 0.25) is 0 Å². The van der Waals surface area contributed by atoms with E-state index in [1.54, 1.807) is 0 Å². The molecular formula is C12H17NO. The summed E-state index contributed by atoms with van der Waals surface area (Å²) in [5, 5.41) is 3.34. The predicted molar refractivity (Wildman–Crippen MR) is 57.1 cm³/mol. The number of rotatable bonds is 1. The van der Waals surface area contributed by atoms with E-state index in [0.29, 0.717) is 0 Å². The SMILES string of the molecule is Cc1ccc(C2CNC(C)(C)O2)cc1. The van der Waals surface area contributed by atoms with Gasteiger partial charge in [-0.05, 0) is 26.3 Å². The molecule has 0 aromatic heterocycles. The highest BCUT2D eigenvalue weighted by Gasteiger charge is 2.31. The molecule has 2 heteroatoms. The molecule has 0 aliphatic carbocycles. The summed E-state index contributed by atoms with van der Waals surface area (Å²) >= 11 is 0. The van der Waals surface area contributed by atoms with Crippen molar-refractivity contribution in [3.05, 3.63) is 35.4 Å². The lowest BCUT2D eigenvalue weighted by molar-refractivity contribution is -0.0241. The maximum absolute atomic E-state index is 5.86. The molecule has 0 amide bonds. The van der Waals surface area contributed by atoms with Crippen LogP contribution < -0.4 is 5.32 Å². The first-order chi connectivity index (χ1) is 6.57. The molecule has 1 unspecified atom stereocenters. The van der Waals surface area contributed by atoms with Gasteiger partial charge < -0.3 is 4.74 Å². The van der Waals surface area contributed by atoms with Crippen molar-refractivity contribution in [2.75, 3.05) is 6.54 Å². The Bertz CT molecular complexity index is 316. The summed E-state index contributed by atoms with van der Waals surface area (Å²) in [7, 11) is 0. The van der Waals surface area contributed by atoms with Gasteiger partial charge >= 0.3 is 0 Å². The molecule has 1 atom stereocenters. The fourth-order valence-corrected chi connectivity index (χ4v) is 1.74. The standard InChI is InChI=1S/C12H17NO/c1-9-4-6-10(7-5-9)11-8-13-12(2,3)14-11/h4-7,11,13H,8H2,1-3H3. The highest BCUT2D eigenvalue weighted by atomic mass is 16.5. The second-order valence-corrected chi connectivity index (χ2v) is 4.41. The molecule has 0 spiro atoms. The largest absolute Gasteiger partial charge is 0.352 e. The van der Waals surface area contributed by atoms with Gasteiger partial charge in [0.15, 0.2) is 0 Å². The van der Waals surface area contributed by atoms with Crippen LogP contribution in [0.5, 0.6) is 0 Å². The van der Waals surface area contributed by atoms with E-state index in [4.69, 9.17) is 4.74 Å². The van der Waals surface area contributed by atoms with Crippen LogP contribution in [0.4, 0.5) is 0 Å². The van der Waals surface area contributed by atoms with E-state index in [9.17, 15) is 0 Å². The zero-order valence-electron chi connectivity index (χ0n) is 9.00. The van der Waals surface area contributed by atoms with Crippen molar-refractivity contribution < 1.29 is 4.74 Å². The Hall–Kier alpha value is -0.860. The quantitative estimate of drug-likeness (QED) is 0.736. The minimum Gasteiger partial charge on any atom is -0.352 e. The van der Waals surface area contributed by atoms with Crippen molar-refractivity contribution in [3.63, 3.8) is 0 Å². The summed E-state index contributed by atoms with van der Waals surface area (Å²) in [6, 6.07) is 8.54. The average Bonchev–Trinajstić information content (AvgIpc) is 2.47. The van der Waals surface area contributed by atoms with E-state index in [2.05, 4.69) is 50.4 Å². The molecule has 1 aliphatic rings. The molecule has 1 N–H and O–H groups in total. The fourth-order valence-electron chi connectivity index (χ4n) is 1.74. The Kier molecular flexibility index (Phi) is 2.33. The van der Waals surface area contributed by atoms with E-state index >= 15 is 0 Å². The number of hydrogen-bond acceptors (Lipinski definition) is 2. The van der Waals surface area contributed by atoms with Crippen LogP contribution in [0.25, 0.3) is 0 Å². The predicted octanol–water partition coefficient (Wildman–Crippen LogP) is 2.39. The third-order valence-electron chi connectivity index (χ3n) is 2.60. The smallest absolute Gasteiger partial charge is 0.114 e. The van der Waals surface area contributed by atoms with Crippen molar-refractivity contribution in [3.8, 4) is 0 Å². The van der Waals surface area contributed by atoms with Gasteiger partial charge in [0.05, 0.1) is 6.10 Å². The summed E-state index contributed by atoms with van der Waals surface area (Å²) < 4.78 is 5.86. The molecule has 0 bridgehead atoms. The first kappa shape index (κ1) is 9.69. The third kappa shape index (κ3) is 1.97. The molecule has 1 aromatic carbocycles. The van der Waals surface area contributed by atoms with Crippen molar-refractivity contribution in [2.24, 2.45) is 0 Å². The Labute approximate surface area is 85.3 Å². The summed E-state index contributed by atoms with van der Waals surface area (Å²) in [5.74, 6) is 0. The molecule has 76 valence electrons. The van der Waals surface area contributed by atoms with Crippen molar-refractivity contribution in [1.82, 2.24) is 5.32 Å². The lowest BCUT2D eigenvalue weighted by atomic mass is 10.1. The van der Waals surface area contributed by atoms with Crippen LogP contribution in [-0.4, -0.2) is 12.3 Å². The van der Waals surface area contributed by atoms with Crippen molar-refractivity contribution in [2.45, 2.75) is 32.6 Å². The monoisotopic (exact) mass is 191 g/mol. The number of hydrogen-bond donors (Lipinski definition) is 1. The van der Waals surface area contributed by atoms with Gasteiger partial charge in [0, 0.05) is 6.54 Å². The van der Waals surface area contributed by atoms with Crippen molar-refractivity contribution >= 4 is 0 Å². The van der Waals surface area contributed by atoms with Gasteiger partial charge in [-0.2, -0.15) is 0 Å². The van der Waals surface area contributed by atoms with E-state index in [1.165, 1.54) is 11.1 Å². The first-order valence-electron chi connectivity index (χ1n) is 5.06. The van der Waals surface area contributed by atoms with E-state index in [1.807, 2.05) is 0 Å². The lowest BCUT2D eigenvalue weighted by Gasteiger charge is -2.18. The molecule has 0 radical (unpaired) electrons. The summed E-state index contributed by atoms with van der Waals surface area (Å²) in [5.41, 5.74) is 2.36. The number of aryl methyl sites for hydroxylation is 1. The highest BCUT2D eigenvalue weighted by Crippen LogP contribution is 2.27. The fraction of sp³-hybridized carbons (Fsp3) is 0.500. The summed E-state index contributed by atoms with van der Waals surface area (Å²) in [6.07, 6.45) is 0.200. The van der Waals surface area contributed by atoms with Crippen LogP contribution in [-0.2, 0) is 4.74 Å². The minimum atomic E-state index is -0.185. The Morgan fingerprint density at radius 1 is 1.29 bits per heavy atom. The third-order valence-corrected chi connectivity index (χ3v) is 2.60. The van der Waals surface area contributed by atoms with Crippen LogP contribution in [0.15, 0.2) is 24.3 Å². The van der Waals surface area contributed by atoms with Gasteiger partial charge in [-0.1, -0.05) is 29.8 Å². The second-order valence-electron chi connectivity index (χ2n) is 4.41. The molecule has 2 rings (SSSR count). The van der Waals surface area contributed by atoms with Crippen LogP contribution >= 0.6 is 0 Å². The molecule has 1 fully saturated rings. The number of nitrogens with one attached hydrogen (secondary N) is 1. The Balaban J connectivity index is 2.14. The van der Waals surface area contributed by atoms with Crippen LogP contribution in [0.1, 0.15) is 31.1 Å². The molecule has 1 saturated heterocycles. The minimum absolute atomic E-state index is 0.185. The topological polar surface area (TPSA) is 21.3 Å². The molecule has 14 heavy (non-hydrogen) atoms. The van der Waals surface area contributed by atoms with Gasteiger partial charge in [-0.15, -0.1) is 0 Å². The maximum Gasteiger partial charge on any atom is 0.114 e. The van der Waals surface area contributed by atoms with E-state index in [-0.39, 0.29) is 11.8 Å². The summed E-state index contributed by atoms with van der Waals surface area (Å²) in [6.45, 7) is 7.11. The van der Waals surface area contributed by atoms with Gasteiger partial charge in [0.1, 0.15) is 5.72 Å². The first-order valence-corrected chi connectivity index (χ1v) is 5.06. The molecule has 1 aromatic rings. The maximum atomic E-state index is 5.86. The lowest BCUT2D eigenvalue weighted by Crippen LogP contribution is -2.33. The molecular weight excluding hydrogens is 174 g/mol. The van der Waals surface area contributed by atoms with E-state index < -0.39 is 0 Å². The van der Waals surface area contributed by atoms with Gasteiger partial charge in [0.2, 0.25) is 0 Å². The number of benzene rings is 1. The molecule has 1 heterocycles. The molecule has 0 saturated carbocycles. The van der Waals surface area contributed by atoms with Crippen LogP contribution in [0, 0.1) is 6.92 Å². The normalized spacial score (nSPS) is 25.2. The zero-order valence-corrected chi connectivity index (χ0v) is 9.00. The van der Waals surface area contributed by atoms with Gasteiger partial charge in [-0.25, -0.2) is 0 Å². The van der Waals surface area contributed by atoms with Gasteiger partial charge in [-0.3, -0.25) is 5.32 Å². The van der Waals surface area contributed by atoms with E-state index in [0.717, 1.165) is 6.54 Å². The summed E-state index contributed by atoms with van der Waals surface area (Å²) in [4.78, 5) is 0. The number of ether oxygens (including phenoxy) is 1. The zero-order chi connectivity index (χ0) is 10.2. The molecule has 2 nitrogen and oxygen atoms in total. The van der Waals surface area contributed by atoms with Crippen LogP contribution in [0.3, 0.4) is 0 Å². The second kappa shape index (κ2) is 3.37.